The molecular formula is C19H23N2+. The van der Waals surface area contributed by atoms with Gasteiger partial charge in [-0.05, 0) is 24.0 Å². The molecule has 0 N–H and O–H groups in total. The van der Waals surface area contributed by atoms with E-state index in [4.69, 9.17) is 0 Å². The van der Waals surface area contributed by atoms with Crippen LogP contribution in [0.4, 0.5) is 0 Å². The molecule has 0 radical (unpaired) electrons. The van der Waals surface area contributed by atoms with Crippen LogP contribution in [-0.2, 0) is 0 Å². The van der Waals surface area contributed by atoms with Crippen LogP contribution >= 0.6 is 0 Å². The summed E-state index contributed by atoms with van der Waals surface area (Å²) in [7, 11) is 4.20. The molecule has 1 fully saturated rings. The zero-order valence-electron chi connectivity index (χ0n) is 12.8. The number of likely N-dealkylation sites (tertiary alicyclic amines) is 1. The predicted molar refractivity (Wildman–Crippen MR) is 87.6 cm³/mol. The van der Waals surface area contributed by atoms with Crippen molar-refractivity contribution in [1.82, 2.24) is 4.90 Å². The maximum absolute atomic E-state index is 2.52. The first-order chi connectivity index (χ1) is 10.3. The highest BCUT2D eigenvalue weighted by atomic mass is 15.2. The first-order valence-corrected chi connectivity index (χ1v) is 7.64. The lowest BCUT2D eigenvalue weighted by Crippen LogP contribution is -2.28. The molecule has 3 rings (SSSR count). The Kier molecular flexibility index (Phi) is 4.05. The molecule has 1 saturated heterocycles. The van der Waals surface area contributed by atoms with Gasteiger partial charge in [0.05, 0.1) is 14.1 Å². The molecule has 108 valence electrons. The van der Waals surface area contributed by atoms with Crippen molar-refractivity contribution in [2.45, 2.75) is 24.9 Å². The normalized spacial score (nSPS) is 21.3. The third-order valence-electron chi connectivity index (χ3n) is 4.17. The van der Waals surface area contributed by atoms with Gasteiger partial charge in [-0.2, -0.15) is 0 Å². The van der Waals surface area contributed by atoms with Gasteiger partial charge in [0, 0.05) is 0 Å². The van der Waals surface area contributed by atoms with Gasteiger partial charge in [-0.1, -0.05) is 60.7 Å². The Labute approximate surface area is 127 Å². The van der Waals surface area contributed by atoms with Crippen LogP contribution in [0.1, 0.15) is 36.1 Å². The van der Waals surface area contributed by atoms with E-state index in [9.17, 15) is 0 Å². The standard InChI is InChI=1S/C19H23N2/c1-20(2)15-21-18(16-9-5-3-6-10-16)13-14-19(21)17-11-7-4-8-12-17/h3-12,15,18-19H,13-14H2,1-2H3/q+1/t18-,19-/m1/s1. The van der Waals surface area contributed by atoms with E-state index < -0.39 is 0 Å². The highest BCUT2D eigenvalue weighted by Crippen LogP contribution is 2.42. The first-order valence-electron chi connectivity index (χ1n) is 7.64. The molecule has 0 aromatic heterocycles. The third kappa shape index (κ3) is 2.99. The molecule has 1 aliphatic heterocycles. The van der Waals surface area contributed by atoms with Crippen molar-refractivity contribution in [3.8, 4) is 0 Å². The minimum absolute atomic E-state index is 0.471. The van der Waals surface area contributed by atoms with E-state index in [-0.39, 0.29) is 0 Å². The summed E-state index contributed by atoms with van der Waals surface area (Å²) in [5, 5.41) is 0. The smallest absolute Gasteiger partial charge is 0.234 e. The van der Waals surface area contributed by atoms with Crippen LogP contribution in [0.3, 0.4) is 0 Å². The highest BCUT2D eigenvalue weighted by Gasteiger charge is 2.39. The molecule has 2 nitrogen and oxygen atoms in total. The Hall–Kier alpha value is -2.09. The Morgan fingerprint density at radius 2 is 1.24 bits per heavy atom. The van der Waals surface area contributed by atoms with E-state index in [0.29, 0.717) is 12.1 Å². The van der Waals surface area contributed by atoms with Crippen molar-refractivity contribution in [3.63, 3.8) is 0 Å². The van der Waals surface area contributed by atoms with Gasteiger partial charge in [-0.25, -0.2) is 0 Å². The largest absolute Gasteiger partial charge is 0.274 e. The third-order valence-corrected chi connectivity index (χ3v) is 4.17. The van der Waals surface area contributed by atoms with Gasteiger partial charge in [-0.15, -0.1) is 0 Å². The number of hydrogen-bond acceptors (Lipinski definition) is 0. The Morgan fingerprint density at radius 3 is 1.62 bits per heavy atom. The van der Waals surface area contributed by atoms with Gasteiger partial charge in [0.15, 0.2) is 0 Å². The molecule has 0 saturated carbocycles. The first kappa shape index (κ1) is 13.9. The van der Waals surface area contributed by atoms with Crippen LogP contribution in [0, 0.1) is 0 Å². The van der Waals surface area contributed by atoms with Gasteiger partial charge >= 0.3 is 0 Å². The van der Waals surface area contributed by atoms with E-state index in [2.05, 4.69) is 90.6 Å². The van der Waals surface area contributed by atoms with E-state index >= 15 is 0 Å². The molecule has 1 aliphatic rings. The Bertz CT molecular complexity index is 552. The summed E-state index contributed by atoms with van der Waals surface area (Å²) in [6, 6.07) is 22.7. The molecule has 2 aromatic rings. The summed E-state index contributed by atoms with van der Waals surface area (Å²) in [6.45, 7) is 0. The minimum atomic E-state index is 0.471. The molecule has 2 atom stereocenters. The summed E-state index contributed by atoms with van der Waals surface area (Å²) >= 11 is 0. The second-order valence-electron chi connectivity index (χ2n) is 5.96. The second kappa shape index (κ2) is 6.13. The molecule has 21 heavy (non-hydrogen) atoms. The van der Waals surface area contributed by atoms with Gasteiger partial charge in [-0.3, -0.25) is 9.48 Å². The lowest BCUT2D eigenvalue weighted by Gasteiger charge is -2.23. The van der Waals surface area contributed by atoms with Crippen molar-refractivity contribution in [1.29, 1.82) is 0 Å². The van der Waals surface area contributed by atoms with E-state index in [1.807, 2.05) is 0 Å². The Morgan fingerprint density at radius 1 is 0.810 bits per heavy atom. The molecule has 0 bridgehead atoms. The average molecular weight is 279 g/mol. The quantitative estimate of drug-likeness (QED) is 0.470. The van der Waals surface area contributed by atoms with Crippen LogP contribution in [0.2, 0.25) is 0 Å². The van der Waals surface area contributed by atoms with Crippen LogP contribution in [0.15, 0.2) is 60.7 Å². The van der Waals surface area contributed by atoms with Crippen molar-refractivity contribution in [3.05, 3.63) is 71.8 Å². The molecule has 0 spiro atoms. The highest BCUT2D eigenvalue weighted by molar-refractivity contribution is 5.53. The lowest BCUT2D eigenvalue weighted by molar-refractivity contribution is -0.465. The summed E-state index contributed by atoms with van der Waals surface area (Å²) < 4.78 is 2.15. The maximum Gasteiger partial charge on any atom is 0.234 e. The number of hydrogen-bond donors (Lipinski definition) is 0. The molecule has 0 unspecified atom stereocenters. The van der Waals surface area contributed by atoms with Gasteiger partial charge in [0.1, 0.15) is 12.1 Å². The zero-order chi connectivity index (χ0) is 14.7. The summed E-state index contributed by atoms with van der Waals surface area (Å²) in [6.07, 6.45) is 4.66. The fraction of sp³-hybridized carbons (Fsp3) is 0.316. The molecule has 2 aromatic carbocycles. The van der Waals surface area contributed by atoms with Crippen molar-refractivity contribution in [2.75, 3.05) is 14.1 Å². The van der Waals surface area contributed by atoms with Gasteiger partial charge < -0.3 is 0 Å². The minimum Gasteiger partial charge on any atom is -0.274 e. The molecule has 0 amide bonds. The summed E-state index contributed by atoms with van der Waals surface area (Å²) in [4.78, 5) is 2.52. The van der Waals surface area contributed by atoms with Crippen LogP contribution in [0.5, 0.6) is 0 Å². The fourth-order valence-electron chi connectivity index (χ4n) is 3.29. The van der Waals surface area contributed by atoms with Crippen LogP contribution in [-0.4, -0.2) is 29.9 Å². The molecule has 1 heterocycles. The van der Waals surface area contributed by atoms with Crippen molar-refractivity contribution < 1.29 is 4.58 Å². The summed E-state index contributed by atoms with van der Waals surface area (Å²) in [5.74, 6) is 0. The van der Waals surface area contributed by atoms with Crippen molar-refractivity contribution in [2.24, 2.45) is 0 Å². The van der Waals surface area contributed by atoms with Crippen molar-refractivity contribution >= 4 is 6.34 Å². The molecular weight excluding hydrogens is 256 g/mol. The molecule has 2 heteroatoms. The summed E-state index contributed by atoms with van der Waals surface area (Å²) in [5.41, 5.74) is 2.82. The zero-order valence-corrected chi connectivity index (χ0v) is 12.8. The van der Waals surface area contributed by atoms with Crippen LogP contribution < -0.4 is 0 Å². The van der Waals surface area contributed by atoms with Gasteiger partial charge in [0.2, 0.25) is 6.34 Å². The topological polar surface area (TPSA) is 6.25 Å². The average Bonchev–Trinajstić information content (AvgIpc) is 2.92. The second-order valence-corrected chi connectivity index (χ2v) is 5.96. The molecule has 0 aliphatic carbocycles. The SMILES string of the molecule is C[N+](C)=CN1[C@@H](c2ccccc2)CC[C@@H]1c1ccccc1. The van der Waals surface area contributed by atoms with Gasteiger partial charge in [0.25, 0.3) is 0 Å². The lowest BCUT2D eigenvalue weighted by atomic mass is 10.0. The Balaban J connectivity index is 1.95. The monoisotopic (exact) mass is 279 g/mol. The predicted octanol–water partition coefficient (Wildman–Crippen LogP) is 3.87. The number of nitrogens with zero attached hydrogens (tertiary/aromatic N) is 2. The van der Waals surface area contributed by atoms with E-state index in [1.165, 1.54) is 24.0 Å². The maximum atomic E-state index is 2.52. The number of rotatable bonds is 3. The van der Waals surface area contributed by atoms with E-state index in [1.54, 1.807) is 0 Å². The van der Waals surface area contributed by atoms with E-state index in [0.717, 1.165) is 0 Å². The number of benzene rings is 2. The fourth-order valence-corrected chi connectivity index (χ4v) is 3.29. The van der Waals surface area contributed by atoms with Crippen LogP contribution in [0.25, 0.3) is 0 Å².